The van der Waals surface area contributed by atoms with E-state index in [2.05, 4.69) is 146 Å². The number of thiophene rings is 1. The summed E-state index contributed by atoms with van der Waals surface area (Å²) in [5.74, 6) is 2.01. The highest BCUT2D eigenvalue weighted by atomic mass is 32.2. The van der Waals surface area contributed by atoms with Crippen LogP contribution in [0.25, 0.3) is 65.5 Å². The van der Waals surface area contributed by atoms with E-state index in [1.54, 1.807) is 0 Å². The van der Waals surface area contributed by atoms with E-state index in [0.29, 0.717) is 17.5 Å². The summed E-state index contributed by atoms with van der Waals surface area (Å²) >= 11 is 3.63. The van der Waals surface area contributed by atoms with Gasteiger partial charge >= 0.3 is 0 Å². The van der Waals surface area contributed by atoms with Crippen LogP contribution in [-0.4, -0.2) is 15.0 Å². The minimum atomic E-state index is -0.468. The predicted octanol–water partition coefficient (Wildman–Crippen LogP) is 12.1. The van der Waals surface area contributed by atoms with Crippen LogP contribution in [0.15, 0.2) is 174 Å². The van der Waals surface area contributed by atoms with Gasteiger partial charge in [0.15, 0.2) is 17.5 Å². The smallest absolute Gasteiger partial charge is 0.165 e. The zero-order chi connectivity index (χ0) is 33.5. The molecule has 2 aliphatic rings. The van der Waals surface area contributed by atoms with Gasteiger partial charge in [-0.2, -0.15) is 0 Å². The number of hydrogen-bond acceptors (Lipinski definition) is 5. The van der Waals surface area contributed by atoms with Crippen molar-refractivity contribution in [2.24, 2.45) is 0 Å². The molecule has 0 N–H and O–H groups in total. The quantitative estimate of drug-likeness (QED) is 0.186. The third-order valence-electron chi connectivity index (χ3n) is 10.4. The topological polar surface area (TPSA) is 38.7 Å². The van der Waals surface area contributed by atoms with Gasteiger partial charge in [0, 0.05) is 46.7 Å². The first-order chi connectivity index (χ1) is 25.3. The monoisotopic (exact) mass is 685 g/mol. The van der Waals surface area contributed by atoms with Gasteiger partial charge in [0.1, 0.15) is 0 Å². The second kappa shape index (κ2) is 11.1. The Balaban J connectivity index is 1.17. The first-order valence-corrected chi connectivity index (χ1v) is 18.7. The van der Waals surface area contributed by atoms with E-state index in [9.17, 15) is 0 Å². The van der Waals surface area contributed by atoms with Gasteiger partial charge in [0.25, 0.3) is 0 Å². The fraction of sp³-hybridized carbons (Fsp3) is 0.0217. The molecule has 0 fully saturated rings. The Labute approximate surface area is 303 Å². The fourth-order valence-corrected chi connectivity index (χ4v) is 10.7. The van der Waals surface area contributed by atoms with E-state index in [1.165, 1.54) is 63.3 Å². The average molecular weight is 686 g/mol. The van der Waals surface area contributed by atoms with Crippen molar-refractivity contribution < 1.29 is 0 Å². The summed E-state index contributed by atoms with van der Waals surface area (Å²) in [6.45, 7) is 0. The molecule has 0 bridgehead atoms. The second-order valence-corrected chi connectivity index (χ2v) is 15.2. The number of fused-ring (bicyclic) bond motifs is 12. The number of aromatic nitrogens is 3. The van der Waals surface area contributed by atoms with Crippen molar-refractivity contribution in [3.05, 3.63) is 186 Å². The van der Waals surface area contributed by atoms with E-state index in [4.69, 9.17) is 15.0 Å². The van der Waals surface area contributed by atoms with Crippen molar-refractivity contribution in [2.75, 3.05) is 0 Å². The van der Waals surface area contributed by atoms with Crippen LogP contribution >= 0.6 is 23.1 Å². The summed E-state index contributed by atoms with van der Waals surface area (Å²) in [7, 11) is 0. The van der Waals surface area contributed by atoms with Gasteiger partial charge in [-0.05, 0) is 51.6 Å². The molecule has 0 saturated carbocycles. The zero-order valence-electron chi connectivity index (χ0n) is 27.2. The van der Waals surface area contributed by atoms with Crippen molar-refractivity contribution in [1.29, 1.82) is 0 Å². The Hall–Kier alpha value is -5.88. The molecule has 0 saturated heterocycles. The number of nitrogens with zero attached hydrogens (tertiary/aromatic N) is 3. The van der Waals surface area contributed by atoms with Gasteiger partial charge in [0.2, 0.25) is 0 Å². The second-order valence-electron chi connectivity index (χ2n) is 13.1. The van der Waals surface area contributed by atoms with Crippen molar-refractivity contribution in [2.45, 2.75) is 15.2 Å². The molecule has 51 heavy (non-hydrogen) atoms. The summed E-state index contributed by atoms with van der Waals surface area (Å²) in [5.41, 5.74) is 10.3. The molecule has 9 aromatic rings. The van der Waals surface area contributed by atoms with Crippen molar-refractivity contribution in [3.63, 3.8) is 0 Å². The molecular weight excluding hydrogens is 659 g/mol. The number of hydrogen-bond donors (Lipinski definition) is 0. The van der Waals surface area contributed by atoms with Gasteiger partial charge in [-0.15, -0.1) is 11.3 Å². The first-order valence-electron chi connectivity index (χ1n) is 17.1. The first kappa shape index (κ1) is 28.9. The van der Waals surface area contributed by atoms with Crippen molar-refractivity contribution in [3.8, 4) is 45.3 Å². The SMILES string of the molecule is c1ccc(-c2nc(-c3ccc4c(c3)sc3ccccc34)nc(-c3cccc4c3Sc3ccccc3C43c4ccccc4-c4ccccc43)n2)cc1. The zero-order valence-corrected chi connectivity index (χ0v) is 28.9. The van der Waals surface area contributed by atoms with Crippen LogP contribution in [0.4, 0.5) is 0 Å². The number of benzene rings is 7. The average Bonchev–Trinajstić information content (AvgIpc) is 3.72. The lowest BCUT2D eigenvalue weighted by Gasteiger charge is -2.40. The summed E-state index contributed by atoms with van der Waals surface area (Å²) in [4.78, 5) is 18.1. The maximum Gasteiger partial charge on any atom is 0.165 e. The molecule has 238 valence electrons. The molecule has 11 rings (SSSR count). The Bertz CT molecular complexity index is 2810. The minimum absolute atomic E-state index is 0.468. The Kier molecular flexibility index (Phi) is 6.27. The maximum atomic E-state index is 5.30. The molecule has 2 aromatic heterocycles. The fourth-order valence-electron chi connectivity index (χ4n) is 8.26. The Morgan fingerprint density at radius 3 is 1.78 bits per heavy atom. The van der Waals surface area contributed by atoms with Crippen LogP contribution in [0.5, 0.6) is 0 Å². The van der Waals surface area contributed by atoms with Crippen LogP contribution in [0, 0.1) is 0 Å². The lowest BCUT2D eigenvalue weighted by Crippen LogP contribution is -2.32. The maximum absolute atomic E-state index is 5.30. The molecule has 5 heteroatoms. The highest BCUT2D eigenvalue weighted by molar-refractivity contribution is 7.99. The summed E-state index contributed by atoms with van der Waals surface area (Å²) in [6, 6.07) is 58.9. The Morgan fingerprint density at radius 2 is 0.980 bits per heavy atom. The number of rotatable bonds is 3. The molecule has 3 heterocycles. The van der Waals surface area contributed by atoms with Gasteiger partial charge in [0.05, 0.1) is 5.41 Å². The van der Waals surface area contributed by atoms with Gasteiger partial charge in [-0.3, -0.25) is 0 Å². The molecule has 7 aromatic carbocycles. The van der Waals surface area contributed by atoms with E-state index in [1.807, 2.05) is 41.3 Å². The molecule has 1 aliphatic carbocycles. The van der Waals surface area contributed by atoms with E-state index >= 15 is 0 Å². The molecule has 1 spiro atoms. The largest absolute Gasteiger partial charge is 0.208 e. The summed E-state index contributed by atoms with van der Waals surface area (Å²) < 4.78 is 2.50. The highest BCUT2D eigenvalue weighted by Gasteiger charge is 2.50. The molecule has 0 unspecified atom stereocenters. The standard InChI is InChI=1S/C46H27N3S2/c1-2-13-28(14-3-1)43-47-44(29-25-26-33-32-17-6-10-23-39(32)50-41(33)27-29)49-45(48-43)34-18-12-22-38-42(34)51-40-24-11-9-21-37(40)46(38)35-19-7-4-15-30(35)31-16-5-8-20-36(31)46/h1-27H. The van der Waals surface area contributed by atoms with Gasteiger partial charge < -0.3 is 0 Å². The van der Waals surface area contributed by atoms with Crippen molar-refractivity contribution in [1.82, 2.24) is 15.0 Å². The lowest BCUT2D eigenvalue weighted by molar-refractivity contribution is 0.722. The van der Waals surface area contributed by atoms with Crippen LogP contribution in [-0.2, 0) is 5.41 Å². The van der Waals surface area contributed by atoms with Crippen LogP contribution < -0.4 is 0 Å². The summed E-state index contributed by atoms with van der Waals surface area (Å²) in [6.07, 6.45) is 0. The van der Waals surface area contributed by atoms with E-state index in [0.717, 1.165) is 16.7 Å². The molecular formula is C46H27N3S2. The van der Waals surface area contributed by atoms with Crippen LogP contribution in [0.3, 0.4) is 0 Å². The molecule has 1 aliphatic heterocycles. The summed E-state index contributed by atoms with van der Waals surface area (Å²) in [5, 5.41) is 2.54. The van der Waals surface area contributed by atoms with Crippen LogP contribution in [0.1, 0.15) is 22.3 Å². The van der Waals surface area contributed by atoms with E-state index in [-0.39, 0.29) is 0 Å². The molecule has 0 amide bonds. The highest BCUT2D eigenvalue weighted by Crippen LogP contribution is 2.63. The molecule has 0 radical (unpaired) electrons. The third-order valence-corrected chi connectivity index (χ3v) is 12.8. The van der Waals surface area contributed by atoms with E-state index < -0.39 is 5.41 Å². The minimum Gasteiger partial charge on any atom is -0.208 e. The third kappa shape index (κ3) is 4.16. The normalized spacial score (nSPS) is 13.6. The Morgan fingerprint density at radius 1 is 0.392 bits per heavy atom. The molecule has 3 nitrogen and oxygen atoms in total. The molecule has 0 atom stereocenters. The van der Waals surface area contributed by atoms with Crippen molar-refractivity contribution >= 4 is 43.3 Å². The van der Waals surface area contributed by atoms with Gasteiger partial charge in [-0.25, -0.2) is 15.0 Å². The predicted molar refractivity (Wildman–Crippen MR) is 210 cm³/mol. The lowest BCUT2D eigenvalue weighted by atomic mass is 9.67. The van der Waals surface area contributed by atoms with Crippen LogP contribution in [0.2, 0.25) is 0 Å². The van der Waals surface area contributed by atoms with Gasteiger partial charge in [-0.1, -0.05) is 157 Å².